The van der Waals surface area contributed by atoms with Gasteiger partial charge >= 0.3 is 0 Å². The van der Waals surface area contributed by atoms with Gasteiger partial charge in [-0.15, -0.1) is 12.4 Å². The second kappa shape index (κ2) is 14.4. The lowest BCUT2D eigenvalue weighted by Crippen LogP contribution is -2.75. The fourth-order valence-corrected chi connectivity index (χ4v) is 6.81. The zero-order valence-electron chi connectivity index (χ0n) is 25.1. The van der Waals surface area contributed by atoms with Crippen LogP contribution in [0.4, 0.5) is 0 Å². The highest BCUT2D eigenvalue weighted by atomic mass is 35.5. The highest BCUT2D eigenvalue weighted by molar-refractivity contribution is 6.00. The molecule has 0 bridgehead atoms. The topological polar surface area (TPSA) is 115 Å². The number of hydrogen-bond acceptors (Lipinski definition) is 7. The Morgan fingerprint density at radius 3 is 2.40 bits per heavy atom. The number of hydrogen-bond donors (Lipinski definition) is 2. The minimum Gasteiger partial charge on any atom is -0.493 e. The van der Waals surface area contributed by atoms with Gasteiger partial charge < -0.3 is 24.8 Å². The molecular weight excluding hydrogens is 568 g/mol. The van der Waals surface area contributed by atoms with Crippen molar-refractivity contribution in [3.05, 3.63) is 53.6 Å². The molecule has 1 spiro atoms. The number of methoxy groups -OCH3 is 1. The highest BCUT2D eigenvalue weighted by Gasteiger charge is 2.55. The Kier molecular flexibility index (Phi) is 10.9. The minimum atomic E-state index is -0.857. The third kappa shape index (κ3) is 6.93. The number of ether oxygens (including phenoxy) is 2. The van der Waals surface area contributed by atoms with Crippen molar-refractivity contribution < 1.29 is 24.2 Å². The molecule has 2 heterocycles. The van der Waals surface area contributed by atoms with E-state index in [1.54, 1.807) is 30.2 Å². The molecule has 2 aromatic rings. The van der Waals surface area contributed by atoms with Crippen molar-refractivity contribution in [3.63, 3.8) is 0 Å². The predicted octanol–water partition coefficient (Wildman–Crippen LogP) is 4.79. The molecule has 2 atom stereocenters. The molecule has 43 heavy (non-hydrogen) atoms. The Bertz CT molecular complexity index is 1300. The third-order valence-corrected chi connectivity index (χ3v) is 9.21. The van der Waals surface area contributed by atoms with Gasteiger partial charge in [0, 0.05) is 32.2 Å². The third-order valence-electron chi connectivity index (χ3n) is 9.21. The number of halogens is 1. The molecular formula is C33H43ClN4O5. The van der Waals surface area contributed by atoms with E-state index in [0.29, 0.717) is 55.3 Å². The van der Waals surface area contributed by atoms with E-state index in [-0.39, 0.29) is 30.1 Å². The van der Waals surface area contributed by atoms with Crippen molar-refractivity contribution in [3.8, 4) is 23.3 Å². The van der Waals surface area contributed by atoms with E-state index in [1.807, 2.05) is 31.2 Å². The number of aliphatic hydroxyl groups excluding tert-OH is 1. The molecule has 0 aromatic heterocycles. The molecule has 1 aliphatic carbocycles. The fourth-order valence-electron chi connectivity index (χ4n) is 6.81. The summed E-state index contributed by atoms with van der Waals surface area (Å²) in [6.45, 7) is 4.66. The van der Waals surface area contributed by atoms with Crippen LogP contribution in [-0.2, 0) is 16.1 Å². The van der Waals surface area contributed by atoms with Gasteiger partial charge in [-0.25, -0.2) is 0 Å². The Balaban J connectivity index is 0.00000423. The number of carbonyl (C=O) groups is 2. The largest absolute Gasteiger partial charge is 0.493 e. The van der Waals surface area contributed by atoms with Crippen molar-refractivity contribution in [2.24, 2.45) is 5.92 Å². The Morgan fingerprint density at radius 2 is 1.77 bits per heavy atom. The van der Waals surface area contributed by atoms with Gasteiger partial charge in [0.25, 0.3) is 0 Å². The molecule has 9 nitrogen and oxygen atoms in total. The maximum absolute atomic E-state index is 13.7. The van der Waals surface area contributed by atoms with E-state index < -0.39 is 17.7 Å². The average Bonchev–Trinajstić information content (AvgIpc) is 3.03. The summed E-state index contributed by atoms with van der Waals surface area (Å²) in [4.78, 5) is 31.5. The van der Waals surface area contributed by atoms with Crippen LogP contribution in [0.3, 0.4) is 0 Å². The average molecular weight is 611 g/mol. The van der Waals surface area contributed by atoms with Gasteiger partial charge in [0.15, 0.2) is 11.5 Å². The smallest absolute Gasteiger partial charge is 0.248 e. The number of piperazine rings is 1. The van der Waals surface area contributed by atoms with E-state index in [0.717, 1.165) is 44.2 Å². The van der Waals surface area contributed by atoms with Gasteiger partial charge in [-0.2, -0.15) is 5.26 Å². The molecule has 10 heteroatoms. The summed E-state index contributed by atoms with van der Waals surface area (Å²) in [7, 11) is 1.54. The molecule has 2 N–H and O–H groups in total. The van der Waals surface area contributed by atoms with Crippen molar-refractivity contribution in [1.29, 1.82) is 5.26 Å². The normalized spacial score (nSPS) is 21.4. The standard InChI is InChI=1S/C33H42N4O5.ClH/c1-3-17-37-31(39)29(30(38)25-7-5-4-6-8-25)35-32(40)33(37)15-18-36(19-16-33)22-23-9-12-26(13-10-23)42-27-14-11-24(21-34)20-28(27)41-2;/h9-14,20,25,29-30,38H,3-8,15-19,22H2,1-2H3,(H,35,40);1H/t29-,30-;/m1./s1. The quantitative estimate of drug-likeness (QED) is 0.419. The van der Waals surface area contributed by atoms with Crippen LogP contribution in [0.5, 0.6) is 17.2 Å². The lowest BCUT2D eigenvalue weighted by Gasteiger charge is -2.52. The number of benzene rings is 2. The van der Waals surface area contributed by atoms with Crippen molar-refractivity contribution >= 4 is 24.2 Å². The number of nitriles is 1. The van der Waals surface area contributed by atoms with Crippen molar-refractivity contribution in [2.45, 2.75) is 82.5 Å². The molecule has 1 saturated carbocycles. The number of amides is 2. The molecule has 0 radical (unpaired) electrons. The summed E-state index contributed by atoms with van der Waals surface area (Å²) in [5.41, 5.74) is 0.766. The second-order valence-corrected chi connectivity index (χ2v) is 11.9. The summed E-state index contributed by atoms with van der Waals surface area (Å²) in [6.07, 6.45) is 6.18. The van der Waals surface area contributed by atoms with Gasteiger partial charge in [0.2, 0.25) is 11.8 Å². The minimum absolute atomic E-state index is 0. The van der Waals surface area contributed by atoms with Crippen LogP contribution in [0.25, 0.3) is 0 Å². The van der Waals surface area contributed by atoms with Crippen LogP contribution in [0, 0.1) is 17.2 Å². The fraction of sp³-hybridized carbons (Fsp3) is 0.545. The van der Waals surface area contributed by atoms with Crippen molar-refractivity contribution in [2.75, 3.05) is 26.7 Å². The van der Waals surface area contributed by atoms with Gasteiger partial charge in [-0.3, -0.25) is 14.5 Å². The second-order valence-electron chi connectivity index (χ2n) is 11.9. The van der Waals surface area contributed by atoms with Gasteiger partial charge in [0.05, 0.1) is 24.8 Å². The van der Waals surface area contributed by atoms with E-state index in [1.165, 1.54) is 6.42 Å². The predicted molar refractivity (Wildman–Crippen MR) is 165 cm³/mol. The molecule has 2 aliphatic heterocycles. The van der Waals surface area contributed by atoms with Crippen LogP contribution in [0.2, 0.25) is 0 Å². The summed E-state index contributed by atoms with van der Waals surface area (Å²) >= 11 is 0. The van der Waals surface area contributed by atoms with Crippen LogP contribution in [-0.4, -0.2) is 71.1 Å². The summed E-state index contributed by atoms with van der Waals surface area (Å²) in [5, 5.41) is 23.2. The van der Waals surface area contributed by atoms with Crippen molar-refractivity contribution in [1.82, 2.24) is 15.1 Å². The lowest BCUT2D eigenvalue weighted by molar-refractivity contribution is -0.165. The van der Waals surface area contributed by atoms with E-state index in [2.05, 4.69) is 16.3 Å². The number of rotatable bonds is 9. The molecule has 2 amide bonds. The number of piperidine rings is 1. The molecule has 232 valence electrons. The van der Waals surface area contributed by atoms with E-state index >= 15 is 0 Å². The van der Waals surface area contributed by atoms with E-state index in [9.17, 15) is 14.7 Å². The zero-order chi connectivity index (χ0) is 29.7. The first kappa shape index (κ1) is 32.6. The Morgan fingerprint density at radius 1 is 1.07 bits per heavy atom. The molecule has 2 saturated heterocycles. The first-order valence-corrected chi connectivity index (χ1v) is 15.3. The van der Waals surface area contributed by atoms with Crippen LogP contribution in [0.1, 0.15) is 69.4 Å². The monoisotopic (exact) mass is 610 g/mol. The number of nitrogens with zero attached hydrogens (tertiary/aromatic N) is 3. The first-order chi connectivity index (χ1) is 20.4. The molecule has 0 unspecified atom stereocenters. The number of nitrogens with one attached hydrogen (secondary N) is 1. The number of aliphatic hydroxyl groups is 1. The summed E-state index contributed by atoms with van der Waals surface area (Å²) < 4.78 is 11.4. The number of carbonyl (C=O) groups excluding carboxylic acids is 2. The van der Waals surface area contributed by atoms with Gasteiger partial charge in [-0.05, 0) is 67.9 Å². The molecule has 5 rings (SSSR count). The van der Waals surface area contributed by atoms with Crippen LogP contribution < -0.4 is 14.8 Å². The van der Waals surface area contributed by atoms with Gasteiger partial charge in [0.1, 0.15) is 17.3 Å². The zero-order valence-corrected chi connectivity index (χ0v) is 25.9. The summed E-state index contributed by atoms with van der Waals surface area (Å²) in [5.74, 6) is 1.52. The lowest BCUT2D eigenvalue weighted by atomic mass is 9.78. The summed E-state index contributed by atoms with van der Waals surface area (Å²) in [6, 6.07) is 14.2. The SMILES string of the molecule is CCCN1C(=O)[C@@H]([C@H](O)C2CCCCC2)NC(=O)C12CCN(Cc1ccc(Oc3ccc(C#N)cc3OC)cc1)CC2.Cl. The van der Waals surface area contributed by atoms with Gasteiger partial charge in [-0.1, -0.05) is 38.3 Å². The molecule has 2 aromatic carbocycles. The Labute approximate surface area is 260 Å². The Hall–Kier alpha value is -3.32. The van der Waals surface area contributed by atoms with Crippen LogP contribution in [0.15, 0.2) is 42.5 Å². The highest BCUT2D eigenvalue weighted by Crippen LogP contribution is 2.37. The first-order valence-electron chi connectivity index (χ1n) is 15.3. The maximum atomic E-state index is 13.7. The van der Waals surface area contributed by atoms with Crippen LogP contribution >= 0.6 is 12.4 Å². The van der Waals surface area contributed by atoms with E-state index in [4.69, 9.17) is 14.7 Å². The molecule has 3 aliphatic rings. The number of likely N-dealkylation sites (tertiary alicyclic amines) is 1. The molecule has 3 fully saturated rings. The maximum Gasteiger partial charge on any atom is 0.248 e.